The molecule has 0 aliphatic carbocycles. The fourth-order valence-corrected chi connectivity index (χ4v) is 2.48. The molecule has 2 aromatic carbocycles. The van der Waals surface area contributed by atoms with Crippen LogP contribution in [0.25, 0.3) is 0 Å². The van der Waals surface area contributed by atoms with Gasteiger partial charge in [0, 0.05) is 16.4 Å². The Morgan fingerprint density at radius 1 is 1.04 bits per heavy atom. The van der Waals surface area contributed by atoms with Crippen LogP contribution in [0.2, 0.25) is 0 Å². The standard InChI is InChI=1S/C18H16BrN3O3/c19-14-6-8-15(9-7-14)20-16-10-22(18(24)21-17(16)23)12-25-11-13-4-2-1-3-5-13/h1-10,20H,11-12H2,(H,21,23,24). The molecule has 0 saturated carbocycles. The third-order valence-electron chi connectivity index (χ3n) is 3.48. The normalized spacial score (nSPS) is 10.6. The fourth-order valence-electron chi connectivity index (χ4n) is 2.22. The second kappa shape index (κ2) is 7.96. The lowest BCUT2D eigenvalue weighted by Gasteiger charge is -2.10. The summed E-state index contributed by atoms with van der Waals surface area (Å²) in [5, 5.41) is 3.00. The fraction of sp³-hybridized carbons (Fsp3) is 0.111. The van der Waals surface area contributed by atoms with Crippen LogP contribution in [0.4, 0.5) is 11.4 Å². The van der Waals surface area contributed by atoms with Crippen molar-refractivity contribution in [2.75, 3.05) is 5.32 Å². The zero-order valence-electron chi connectivity index (χ0n) is 13.2. The van der Waals surface area contributed by atoms with Gasteiger partial charge in [0.1, 0.15) is 12.4 Å². The minimum absolute atomic E-state index is 0.0412. The van der Waals surface area contributed by atoms with Gasteiger partial charge in [0.2, 0.25) is 0 Å². The molecule has 0 spiro atoms. The number of anilines is 2. The number of hydrogen-bond acceptors (Lipinski definition) is 4. The monoisotopic (exact) mass is 401 g/mol. The Kier molecular flexibility index (Phi) is 5.47. The van der Waals surface area contributed by atoms with Crippen LogP contribution >= 0.6 is 15.9 Å². The Morgan fingerprint density at radius 3 is 2.48 bits per heavy atom. The lowest BCUT2D eigenvalue weighted by Crippen LogP contribution is -2.31. The van der Waals surface area contributed by atoms with Crippen LogP contribution in [0.5, 0.6) is 0 Å². The topological polar surface area (TPSA) is 76.1 Å². The first kappa shape index (κ1) is 17.2. The number of nitrogens with zero attached hydrogens (tertiary/aromatic N) is 1. The maximum absolute atomic E-state index is 12.0. The predicted octanol–water partition coefficient (Wildman–Crippen LogP) is 3.22. The van der Waals surface area contributed by atoms with Gasteiger partial charge in [-0.15, -0.1) is 0 Å². The first-order valence-corrected chi connectivity index (χ1v) is 8.39. The highest BCUT2D eigenvalue weighted by Crippen LogP contribution is 2.16. The summed E-state index contributed by atoms with van der Waals surface area (Å²) in [5.41, 5.74) is 1.02. The number of aromatic amines is 1. The van der Waals surface area contributed by atoms with E-state index in [1.54, 1.807) is 0 Å². The zero-order valence-corrected chi connectivity index (χ0v) is 14.8. The van der Waals surface area contributed by atoms with Gasteiger partial charge in [-0.2, -0.15) is 0 Å². The molecule has 1 aromatic heterocycles. The van der Waals surface area contributed by atoms with Gasteiger partial charge >= 0.3 is 5.69 Å². The summed E-state index contributed by atoms with van der Waals surface area (Å²) in [6.45, 7) is 0.418. The van der Waals surface area contributed by atoms with Gasteiger partial charge in [0.25, 0.3) is 5.56 Å². The average molecular weight is 402 g/mol. The van der Waals surface area contributed by atoms with Crippen molar-refractivity contribution < 1.29 is 4.74 Å². The summed E-state index contributed by atoms with van der Waals surface area (Å²) in [4.78, 5) is 26.2. The number of rotatable bonds is 6. The second-order valence-electron chi connectivity index (χ2n) is 5.37. The van der Waals surface area contributed by atoms with Crippen molar-refractivity contribution in [1.82, 2.24) is 9.55 Å². The van der Waals surface area contributed by atoms with E-state index in [2.05, 4.69) is 26.2 Å². The number of H-pyrrole nitrogens is 1. The first-order chi connectivity index (χ1) is 12.1. The van der Waals surface area contributed by atoms with E-state index in [0.29, 0.717) is 6.61 Å². The molecular formula is C18H16BrN3O3. The second-order valence-corrected chi connectivity index (χ2v) is 6.28. The molecule has 25 heavy (non-hydrogen) atoms. The van der Waals surface area contributed by atoms with E-state index < -0.39 is 11.2 Å². The Labute approximate surface area is 152 Å². The van der Waals surface area contributed by atoms with Crippen LogP contribution in [0.3, 0.4) is 0 Å². The van der Waals surface area contributed by atoms with Crippen LogP contribution in [-0.4, -0.2) is 9.55 Å². The SMILES string of the molecule is O=c1[nH]c(=O)n(COCc2ccccc2)cc1Nc1ccc(Br)cc1. The van der Waals surface area contributed by atoms with Gasteiger partial charge < -0.3 is 10.1 Å². The van der Waals surface area contributed by atoms with E-state index in [1.807, 2.05) is 54.6 Å². The smallest absolute Gasteiger partial charge is 0.330 e. The van der Waals surface area contributed by atoms with Crippen LogP contribution in [0, 0.1) is 0 Å². The molecule has 0 aliphatic heterocycles. The summed E-state index contributed by atoms with van der Waals surface area (Å²) < 4.78 is 7.80. The molecule has 0 amide bonds. The van der Waals surface area contributed by atoms with Gasteiger partial charge in [-0.3, -0.25) is 14.3 Å². The quantitative estimate of drug-likeness (QED) is 0.664. The van der Waals surface area contributed by atoms with Gasteiger partial charge in [-0.05, 0) is 29.8 Å². The van der Waals surface area contributed by atoms with Crippen molar-refractivity contribution in [2.24, 2.45) is 0 Å². The summed E-state index contributed by atoms with van der Waals surface area (Å²) in [6.07, 6.45) is 1.45. The minimum Gasteiger partial charge on any atom is -0.356 e. The summed E-state index contributed by atoms with van der Waals surface area (Å²) in [5.74, 6) is 0. The van der Waals surface area contributed by atoms with Gasteiger partial charge in [0.15, 0.2) is 0 Å². The van der Waals surface area contributed by atoms with Crippen molar-refractivity contribution in [3.05, 3.63) is 91.7 Å². The van der Waals surface area contributed by atoms with Gasteiger partial charge in [-0.25, -0.2) is 4.79 Å². The highest BCUT2D eigenvalue weighted by molar-refractivity contribution is 9.10. The Morgan fingerprint density at radius 2 is 1.76 bits per heavy atom. The molecule has 2 N–H and O–H groups in total. The van der Waals surface area contributed by atoms with Crippen molar-refractivity contribution >= 4 is 27.3 Å². The number of aromatic nitrogens is 2. The molecule has 0 bridgehead atoms. The molecule has 0 atom stereocenters. The molecule has 0 radical (unpaired) electrons. The van der Waals surface area contributed by atoms with E-state index in [-0.39, 0.29) is 12.4 Å². The molecule has 6 nitrogen and oxygen atoms in total. The summed E-state index contributed by atoms with van der Waals surface area (Å²) in [7, 11) is 0. The lowest BCUT2D eigenvalue weighted by molar-refractivity contribution is 0.0609. The van der Waals surface area contributed by atoms with Crippen LogP contribution in [0.1, 0.15) is 5.56 Å². The molecule has 0 fully saturated rings. The predicted molar refractivity (Wildman–Crippen MR) is 100.0 cm³/mol. The molecule has 0 aliphatic rings. The Balaban J connectivity index is 1.72. The molecule has 7 heteroatoms. The minimum atomic E-state index is -0.514. The molecular weight excluding hydrogens is 386 g/mol. The molecule has 0 saturated heterocycles. The van der Waals surface area contributed by atoms with E-state index in [0.717, 1.165) is 15.7 Å². The van der Waals surface area contributed by atoms with Crippen molar-refractivity contribution in [3.8, 4) is 0 Å². The largest absolute Gasteiger partial charge is 0.356 e. The van der Waals surface area contributed by atoms with Crippen molar-refractivity contribution in [1.29, 1.82) is 0 Å². The van der Waals surface area contributed by atoms with Crippen molar-refractivity contribution in [2.45, 2.75) is 13.3 Å². The number of halogens is 1. The third kappa shape index (κ3) is 4.68. The lowest BCUT2D eigenvalue weighted by atomic mass is 10.2. The molecule has 128 valence electrons. The number of hydrogen-bond donors (Lipinski definition) is 2. The molecule has 0 unspecified atom stereocenters. The van der Waals surface area contributed by atoms with Gasteiger partial charge in [-0.1, -0.05) is 46.3 Å². The zero-order chi connectivity index (χ0) is 17.6. The molecule has 3 rings (SSSR count). The Bertz CT molecular complexity index is 950. The van der Waals surface area contributed by atoms with E-state index in [4.69, 9.17) is 4.74 Å². The van der Waals surface area contributed by atoms with Crippen LogP contribution in [-0.2, 0) is 18.1 Å². The summed E-state index contributed by atoms with van der Waals surface area (Å²) >= 11 is 3.36. The summed E-state index contributed by atoms with van der Waals surface area (Å²) in [6, 6.07) is 17.0. The van der Waals surface area contributed by atoms with E-state index >= 15 is 0 Å². The third-order valence-corrected chi connectivity index (χ3v) is 4.00. The van der Waals surface area contributed by atoms with Crippen molar-refractivity contribution in [3.63, 3.8) is 0 Å². The van der Waals surface area contributed by atoms with Crippen LogP contribution < -0.4 is 16.6 Å². The number of benzene rings is 2. The Hall–Kier alpha value is -2.64. The van der Waals surface area contributed by atoms with E-state index in [9.17, 15) is 9.59 Å². The van der Waals surface area contributed by atoms with Gasteiger partial charge in [0.05, 0.1) is 6.61 Å². The van der Waals surface area contributed by atoms with Crippen LogP contribution in [0.15, 0.2) is 74.9 Å². The molecule has 1 heterocycles. The number of ether oxygens (including phenoxy) is 1. The highest BCUT2D eigenvalue weighted by Gasteiger charge is 2.05. The maximum atomic E-state index is 12.0. The first-order valence-electron chi connectivity index (χ1n) is 7.60. The highest BCUT2D eigenvalue weighted by atomic mass is 79.9. The van der Waals surface area contributed by atoms with E-state index in [1.165, 1.54) is 10.8 Å². The average Bonchev–Trinajstić information content (AvgIpc) is 2.61. The molecule has 3 aromatic rings. The maximum Gasteiger partial charge on any atom is 0.330 e. The number of nitrogens with one attached hydrogen (secondary N) is 2.